The van der Waals surface area contributed by atoms with Crippen molar-refractivity contribution in [1.29, 1.82) is 5.26 Å². The van der Waals surface area contributed by atoms with Crippen molar-refractivity contribution < 1.29 is 27.5 Å². The van der Waals surface area contributed by atoms with Crippen LogP contribution in [0, 0.1) is 11.3 Å². The molecular formula is C37H35F3N6O3. The van der Waals surface area contributed by atoms with E-state index in [1.165, 1.54) is 45.6 Å². The number of halogens is 3. The quantitative estimate of drug-likeness (QED) is 0.134. The lowest BCUT2D eigenvalue weighted by Crippen LogP contribution is -2.36. The third-order valence-electron chi connectivity index (χ3n) is 9.31. The molecule has 1 amide bonds. The van der Waals surface area contributed by atoms with Gasteiger partial charge in [0.1, 0.15) is 6.07 Å². The topological polar surface area (TPSA) is 105 Å². The first-order valence-electron chi connectivity index (χ1n) is 15.9. The van der Waals surface area contributed by atoms with E-state index in [1.807, 2.05) is 13.1 Å². The molecule has 1 fully saturated rings. The summed E-state index contributed by atoms with van der Waals surface area (Å²) in [4.78, 5) is 32.9. The molecule has 1 N–H and O–H groups in total. The molecule has 0 radical (unpaired) electrons. The number of pyridine rings is 1. The van der Waals surface area contributed by atoms with Gasteiger partial charge in [0.25, 0.3) is 0 Å². The van der Waals surface area contributed by atoms with E-state index in [9.17, 15) is 28.0 Å². The molecule has 2 aromatic carbocycles. The van der Waals surface area contributed by atoms with E-state index in [0.29, 0.717) is 35.2 Å². The third kappa shape index (κ3) is 6.86. The van der Waals surface area contributed by atoms with Crippen molar-refractivity contribution in [2.45, 2.75) is 44.0 Å². The molecule has 3 aromatic heterocycles. The van der Waals surface area contributed by atoms with Crippen LogP contribution in [0.25, 0.3) is 27.7 Å². The Morgan fingerprint density at radius 1 is 1.08 bits per heavy atom. The largest absolute Gasteiger partial charge is 0.417 e. The molecule has 252 valence electrons. The summed E-state index contributed by atoms with van der Waals surface area (Å²) in [5, 5.41) is 12.6. The average Bonchev–Trinajstić information content (AvgIpc) is 3.70. The number of imidazole rings is 1. The van der Waals surface area contributed by atoms with Crippen LogP contribution in [0.5, 0.6) is 0 Å². The molecule has 3 heterocycles. The van der Waals surface area contributed by atoms with Gasteiger partial charge in [0, 0.05) is 50.1 Å². The van der Waals surface area contributed by atoms with Crippen LogP contribution < -0.4 is 5.32 Å². The number of aromatic nitrogens is 3. The number of fused-ring (bicyclic) bond motifs is 2. The number of ether oxygens (including phenoxy) is 1. The molecule has 0 atom stereocenters. The van der Waals surface area contributed by atoms with Crippen LogP contribution in [-0.4, -0.2) is 63.4 Å². The monoisotopic (exact) mass is 668 g/mol. The van der Waals surface area contributed by atoms with Gasteiger partial charge in [-0.3, -0.25) is 14.5 Å². The van der Waals surface area contributed by atoms with E-state index < -0.39 is 23.4 Å². The molecule has 0 bridgehead atoms. The summed E-state index contributed by atoms with van der Waals surface area (Å²) in [5.74, 6) is -0.843. The second kappa shape index (κ2) is 13.7. The number of nitrogens with zero attached hydrogens (tertiary/aromatic N) is 5. The van der Waals surface area contributed by atoms with E-state index in [0.717, 1.165) is 31.7 Å². The Morgan fingerprint density at radius 3 is 2.57 bits per heavy atom. The molecule has 0 unspecified atom stereocenters. The van der Waals surface area contributed by atoms with E-state index in [1.54, 1.807) is 50.7 Å². The van der Waals surface area contributed by atoms with Crippen LogP contribution in [-0.2, 0) is 22.8 Å². The minimum atomic E-state index is -4.63. The Kier molecular flexibility index (Phi) is 9.41. The molecule has 12 heteroatoms. The number of ketones is 1. The van der Waals surface area contributed by atoms with Crippen molar-refractivity contribution >= 4 is 33.9 Å². The average molecular weight is 669 g/mol. The number of hydrogen-bond acceptors (Lipinski definition) is 6. The minimum absolute atomic E-state index is 0.0526. The van der Waals surface area contributed by atoms with Crippen molar-refractivity contribution in [2.24, 2.45) is 7.05 Å². The van der Waals surface area contributed by atoms with Gasteiger partial charge in [0.15, 0.2) is 0 Å². The lowest BCUT2D eigenvalue weighted by Gasteiger charge is -2.33. The number of alkyl halides is 3. The van der Waals surface area contributed by atoms with Gasteiger partial charge in [-0.15, -0.1) is 0 Å². The number of rotatable bonds is 9. The van der Waals surface area contributed by atoms with E-state index >= 15 is 0 Å². The predicted octanol–water partition coefficient (Wildman–Crippen LogP) is 7.00. The van der Waals surface area contributed by atoms with E-state index in [2.05, 4.69) is 15.2 Å². The fraction of sp³-hybridized carbons (Fsp3) is 0.297. The SMILES string of the molecule is COC1CCC(N(C)C/C=C/C(=O)Nc2ccc(C(=O)c3ccc4c(-c5cc6ncn(C)c6cc5C(F)(F)F)cccn34)cc2C#N)CC1. The summed E-state index contributed by atoms with van der Waals surface area (Å²) in [6.07, 6.45) is 6.04. The van der Waals surface area contributed by atoms with Crippen LogP contribution in [0.3, 0.4) is 0 Å². The van der Waals surface area contributed by atoms with Crippen LogP contribution in [0.2, 0.25) is 0 Å². The van der Waals surface area contributed by atoms with Gasteiger partial charge in [-0.25, -0.2) is 4.98 Å². The summed E-state index contributed by atoms with van der Waals surface area (Å²) in [6.45, 7) is 0.594. The fourth-order valence-electron chi connectivity index (χ4n) is 6.59. The molecule has 0 spiro atoms. The van der Waals surface area contributed by atoms with Gasteiger partial charge in [-0.05, 0) is 86.8 Å². The first-order valence-corrected chi connectivity index (χ1v) is 15.9. The zero-order chi connectivity index (χ0) is 34.9. The molecule has 0 saturated heterocycles. The Hall–Kier alpha value is -5.25. The summed E-state index contributed by atoms with van der Waals surface area (Å²) in [7, 11) is 5.40. The van der Waals surface area contributed by atoms with E-state index in [4.69, 9.17) is 4.74 Å². The standard InChI is InChI=1S/C37H35F3N6O3/c1-44(25-9-11-26(49-3)12-10-25)16-5-7-35(47)43-30-13-8-23(18-24(30)21-41)36(48)33-15-14-32-27(6-4-17-46(32)33)28-19-31-34(45(2)22-42-31)20-29(28)37(38,39)40/h4-8,13-15,17-20,22,25-26H,9-12,16H2,1-3H3,(H,43,47)/b7-5+. The van der Waals surface area contributed by atoms with Crippen LogP contribution in [0.15, 0.2) is 79.3 Å². The van der Waals surface area contributed by atoms with Crippen LogP contribution >= 0.6 is 0 Å². The maximum atomic E-state index is 14.3. The summed E-state index contributed by atoms with van der Waals surface area (Å²) in [5.41, 5.74) is 1.32. The summed E-state index contributed by atoms with van der Waals surface area (Å²) in [6, 6.07) is 15.7. The molecule has 1 saturated carbocycles. The second-order valence-electron chi connectivity index (χ2n) is 12.3. The first-order chi connectivity index (χ1) is 23.5. The fourth-order valence-corrected chi connectivity index (χ4v) is 6.59. The number of anilines is 1. The molecule has 5 aromatic rings. The third-order valence-corrected chi connectivity index (χ3v) is 9.31. The number of likely N-dealkylation sites (N-methyl/N-ethyl adjacent to an activating group) is 1. The minimum Gasteiger partial charge on any atom is -0.381 e. The highest BCUT2D eigenvalue weighted by atomic mass is 19.4. The van der Waals surface area contributed by atoms with Crippen molar-refractivity contribution in [2.75, 3.05) is 26.0 Å². The highest BCUT2D eigenvalue weighted by Crippen LogP contribution is 2.41. The van der Waals surface area contributed by atoms with Gasteiger partial charge < -0.3 is 19.0 Å². The second-order valence-corrected chi connectivity index (χ2v) is 12.3. The molecule has 6 rings (SSSR count). The normalized spacial score (nSPS) is 16.9. The number of nitrogens with one attached hydrogen (secondary N) is 1. The molecule has 9 nitrogen and oxygen atoms in total. The predicted molar refractivity (Wildman–Crippen MR) is 180 cm³/mol. The summed E-state index contributed by atoms with van der Waals surface area (Å²) < 4.78 is 51.3. The Balaban J connectivity index is 1.20. The molecular weight excluding hydrogens is 633 g/mol. The van der Waals surface area contributed by atoms with Gasteiger partial charge in [0.05, 0.1) is 51.5 Å². The zero-order valence-corrected chi connectivity index (χ0v) is 27.3. The molecule has 0 aliphatic heterocycles. The molecule has 49 heavy (non-hydrogen) atoms. The number of carbonyl (C=O) groups excluding carboxylic acids is 2. The number of carbonyl (C=O) groups is 2. The van der Waals surface area contributed by atoms with Gasteiger partial charge in [0.2, 0.25) is 11.7 Å². The van der Waals surface area contributed by atoms with Gasteiger partial charge >= 0.3 is 6.18 Å². The van der Waals surface area contributed by atoms with Crippen molar-refractivity contribution in [3.05, 3.63) is 102 Å². The van der Waals surface area contributed by atoms with Crippen molar-refractivity contribution in [3.8, 4) is 17.2 Å². The maximum Gasteiger partial charge on any atom is 0.417 e. The molecule has 1 aliphatic carbocycles. The number of aryl methyl sites for hydroxylation is 1. The smallest absolute Gasteiger partial charge is 0.381 e. The number of nitriles is 1. The number of hydrogen-bond donors (Lipinski definition) is 1. The highest BCUT2D eigenvalue weighted by Gasteiger charge is 2.35. The number of methoxy groups -OCH3 is 1. The Morgan fingerprint density at radius 2 is 1.86 bits per heavy atom. The summed E-state index contributed by atoms with van der Waals surface area (Å²) >= 11 is 0. The Labute approximate surface area is 281 Å². The van der Waals surface area contributed by atoms with Gasteiger partial charge in [-0.2, -0.15) is 18.4 Å². The Bertz CT molecular complexity index is 2120. The first kappa shape index (κ1) is 33.6. The highest BCUT2D eigenvalue weighted by molar-refractivity contribution is 6.10. The number of benzene rings is 2. The zero-order valence-electron chi connectivity index (χ0n) is 27.3. The van der Waals surface area contributed by atoms with Crippen LogP contribution in [0.1, 0.15) is 52.9 Å². The lowest BCUT2D eigenvalue weighted by atomic mass is 9.92. The lowest BCUT2D eigenvalue weighted by molar-refractivity contribution is -0.137. The van der Waals surface area contributed by atoms with Crippen LogP contribution in [0.4, 0.5) is 18.9 Å². The van der Waals surface area contributed by atoms with Gasteiger partial charge in [-0.1, -0.05) is 12.1 Å². The van der Waals surface area contributed by atoms with Crippen molar-refractivity contribution in [3.63, 3.8) is 0 Å². The number of amides is 1. The van der Waals surface area contributed by atoms with Crippen molar-refractivity contribution in [1.82, 2.24) is 18.9 Å². The maximum absolute atomic E-state index is 14.3. The van der Waals surface area contributed by atoms with E-state index in [-0.39, 0.29) is 33.6 Å². The molecule has 1 aliphatic rings.